The Morgan fingerprint density at radius 2 is 2.40 bits per heavy atom. The molecule has 1 aromatic carbocycles. The highest BCUT2D eigenvalue weighted by atomic mass is 79.9. The monoisotopic (exact) mass is 269 g/mol. The summed E-state index contributed by atoms with van der Waals surface area (Å²) in [6.45, 7) is 2.30. The second-order valence-electron chi connectivity index (χ2n) is 4.00. The molecule has 1 atom stereocenters. The molecule has 1 N–H and O–H groups in total. The Morgan fingerprint density at radius 3 is 3.07 bits per heavy atom. The van der Waals surface area contributed by atoms with Crippen LogP contribution in [0, 0.1) is 5.92 Å². The van der Waals surface area contributed by atoms with E-state index in [9.17, 15) is 0 Å². The average molecular weight is 270 g/mol. The maximum absolute atomic E-state index is 5.29. The van der Waals surface area contributed by atoms with E-state index >= 15 is 0 Å². The summed E-state index contributed by atoms with van der Waals surface area (Å²) in [6, 6.07) is 6.21. The molecule has 0 spiro atoms. The molecule has 0 bridgehead atoms. The maximum Gasteiger partial charge on any atom is 0.133 e. The lowest BCUT2D eigenvalue weighted by Gasteiger charge is -2.12. The molecule has 82 valence electrons. The van der Waals surface area contributed by atoms with E-state index < -0.39 is 0 Å². The molecule has 1 fully saturated rings. The van der Waals surface area contributed by atoms with Crippen LogP contribution in [-0.2, 0) is 6.42 Å². The average Bonchev–Trinajstić information content (AvgIpc) is 2.74. The number of rotatable bonds is 3. The normalized spacial score (nSPS) is 20.5. The van der Waals surface area contributed by atoms with Gasteiger partial charge in [-0.3, -0.25) is 0 Å². The van der Waals surface area contributed by atoms with Crippen LogP contribution in [0.2, 0.25) is 0 Å². The van der Waals surface area contributed by atoms with Crippen LogP contribution in [0.3, 0.4) is 0 Å². The van der Waals surface area contributed by atoms with Crippen molar-refractivity contribution in [1.29, 1.82) is 0 Å². The zero-order chi connectivity index (χ0) is 10.7. The lowest BCUT2D eigenvalue weighted by molar-refractivity contribution is 0.411. The van der Waals surface area contributed by atoms with Gasteiger partial charge >= 0.3 is 0 Å². The summed E-state index contributed by atoms with van der Waals surface area (Å²) in [5, 5.41) is 3.39. The number of ether oxygens (including phenoxy) is 1. The third kappa shape index (κ3) is 2.52. The molecule has 3 heteroatoms. The zero-order valence-electron chi connectivity index (χ0n) is 8.92. The molecule has 2 rings (SSSR count). The lowest BCUT2D eigenvalue weighted by Crippen LogP contribution is -2.11. The number of hydrogen-bond donors (Lipinski definition) is 1. The van der Waals surface area contributed by atoms with Crippen molar-refractivity contribution in [2.24, 2.45) is 5.92 Å². The van der Waals surface area contributed by atoms with E-state index in [1.807, 2.05) is 6.07 Å². The molecular weight excluding hydrogens is 254 g/mol. The summed E-state index contributed by atoms with van der Waals surface area (Å²) in [4.78, 5) is 0. The van der Waals surface area contributed by atoms with Crippen LogP contribution in [0.25, 0.3) is 0 Å². The molecule has 1 unspecified atom stereocenters. The third-order valence-electron chi connectivity index (χ3n) is 2.93. The second-order valence-corrected chi connectivity index (χ2v) is 4.79. The molecule has 15 heavy (non-hydrogen) atoms. The van der Waals surface area contributed by atoms with E-state index in [-0.39, 0.29) is 0 Å². The van der Waals surface area contributed by atoms with Crippen LogP contribution >= 0.6 is 15.9 Å². The van der Waals surface area contributed by atoms with E-state index in [1.54, 1.807) is 7.11 Å². The number of methoxy groups -OCH3 is 1. The fourth-order valence-corrected chi connectivity index (χ4v) is 2.66. The minimum absolute atomic E-state index is 0.772. The molecule has 1 aromatic rings. The first-order valence-corrected chi connectivity index (χ1v) is 6.12. The van der Waals surface area contributed by atoms with Crippen LogP contribution in [0.5, 0.6) is 5.75 Å². The van der Waals surface area contributed by atoms with E-state index in [2.05, 4.69) is 33.4 Å². The van der Waals surface area contributed by atoms with Gasteiger partial charge in [-0.05, 0) is 59.4 Å². The van der Waals surface area contributed by atoms with Gasteiger partial charge in [0.25, 0.3) is 0 Å². The summed E-state index contributed by atoms with van der Waals surface area (Å²) < 4.78 is 6.40. The van der Waals surface area contributed by atoms with Crippen LogP contribution < -0.4 is 10.1 Å². The molecular formula is C12H16BrNO. The Kier molecular flexibility index (Phi) is 3.65. The molecule has 1 aliphatic rings. The van der Waals surface area contributed by atoms with E-state index in [4.69, 9.17) is 4.74 Å². The van der Waals surface area contributed by atoms with Crippen LogP contribution in [0.4, 0.5) is 0 Å². The van der Waals surface area contributed by atoms with Gasteiger partial charge in [-0.1, -0.05) is 12.1 Å². The maximum atomic E-state index is 5.29. The Hall–Kier alpha value is -0.540. The van der Waals surface area contributed by atoms with Gasteiger partial charge in [0.1, 0.15) is 5.75 Å². The van der Waals surface area contributed by atoms with Gasteiger partial charge in [-0.2, -0.15) is 0 Å². The van der Waals surface area contributed by atoms with Gasteiger partial charge in [0.15, 0.2) is 0 Å². The number of benzene rings is 1. The van der Waals surface area contributed by atoms with Crippen molar-refractivity contribution < 1.29 is 4.74 Å². The van der Waals surface area contributed by atoms with Crippen molar-refractivity contribution in [2.75, 3.05) is 20.2 Å². The van der Waals surface area contributed by atoms with Gasteiger partial charge in [-0.25, -0.2) is 0 Å². The Labute approximate surface area is 99.1 Å². The summed E-state index contributed by atoms with van der Waals surface area (Å²) in [5.74, 6) is 1.70. The molecule has 1 heterocycles. The van der Waals surface area contributed by atoms with Crippen LogP contribution in [0.1, 0.15) is 12.0 Å². The minimum Gasteiger partial charge on any atom is -0.496 e. The second kappa shape index (κ2) is 4.99. The van der Waals surface area contributed by atoms with Crippen molar-refractivity contribution in [3.05, 3.63) is 28.2 Å². The van der Waals surface area contributed by atoms with Gasteiger partial charge in [-0.15, -0.1) is 0 Å². The first-order valence-electron chi connectivity index (χ1n) is 5.33. The number of halogens is 1. The van der Waals surface area contributed by atoms with Crippen molar-refractivity contribution in [2.45, 2.75) is 12.8 Å². The SMILES string of the molecule is COc1cccc(CC2CCNC2)c1Br. The molecule has 0 aromatic heterocycles. The Morgan fingerprint density at radius 1 is 1.53 bits per heavy atom. The minimum atomic E-state index is 0.772. The van der Waals surface area contributed by atoms with Crippen molar-refractivity contribution in [3.63, 3.8) is 0 Å². The quantitative estimate of drug-likeness (QED) is 0.911. The van der Waals surface area contributed by atoms with Gasteiger partial charge < -0.3 is 10.1 Å². The van der Waals surface area contributed by atoms with Crippen molar-refractivity contribution >= 4 is 15.9 Å². The summed E-state index contributed by atoms with van der Waals surface area (Å²) in [6.07, 6.45) is 2.41. The lowest BCUT2D eigenvalue weighted by atomic mass is 9.98. The first kappa shape index (κ1) is 11.0. The molecule has 1 aliphatic heterocycles. The Balaban J connectivity index is 2.13. The fourth-order valence-electron chi connectivity index (χ4n) is 2.07. The highest BCUT2D eigenvalue weighted by molar-refractivity contribution is 9.10. The summed E-state index contributed by atoms with van der Waals surface area (Å²) in [7, 11) is 1.71. The molecule has 0 aliphatic carbocycles. The van der Waals surface area contributed by atoms with Gasteiger partial charge in [0, 0.05) is 0 Å². The first-order chi connectivity index (χ1) is 7.31. The standard InChI is InChI=1S/C12H16BrNO/c1-15-11-4-2-3-10(12(11)13)7-9-5-6-14-8-9/h2-4,9,14H,5-8H2,1H3. The van der Waals surface area contributed by atoms with E-state index in [1.165, 1.54) is 12.0 Å². The third-order valence-corrected chi connectivity index (χ3v) is 3.83. The van der Waals surface area contributed by atoms with E-state index in [0.717, 1.165) is 35.7 Å². The smallest absolute Gasteiger partial charge is 0.133 e. The topological polar surface area (TPSA) is 21.3 Å². The molecule has 0 saturated carbocycles. The zero-order valence-corrected chi connectivity index (χ0v) is 10.5. The fraction of sp³-hybridized carbons (Fsp3) is 0.500. The predicted octanol–water partition coefficient (Wildman–Crippen LogP) is 2.61. The summed E-state index contributed by atoms with van der Waals surface area (Å²) in [5.41, 5.74) is 1.35. The highest BCUT2D eigenvalue weighted by Gasteiger charge is 2.16. The van der Waals surface area contributed by atoms with E-state index in [0.29, 0.717) is 0 Å². The molecule has 0 amide bonds. The van der Waals surface area contributed by atoms with Crippen LogP contribution in [-0.4, -0.2) is 20.2 Å². The number of nitrogens with one attached hydrogen (secondary N) is 1. The highest BCUT2D eigenvalue weighted by Crippen LogP contribution is 2.30. The van der Waals surface area contributed by atoms with Gasteiger partial charge in [0.2, 0.25) is 0 Å². The van der Waals surface area contributed by atoms with Crippen molar-refractivity contribution in [1.82, 2.24) is 5.32 Å². The number of hydrogen-bond acceptors (Lipinski definition) is 2. The summed E-state index contributed by atoms with van der Waals surface area (Å²) >= 11 is 3.60. The Bertz CT molecular complexity index is 334. The van der Waals surface area contributed by atoms with Gasteiger partial charge in [0.05, 0.1) is 11.6 Å². The molecule has 0 radical (unpaired) electrons. The predicted molar refractivity (Wildman–Crippen MR) is 65.4 cm³/mol. The van der Waals surface area contributed by atoms with Crippen molar-refractivity contribution in [3.8, 4) is 5.75 Å². The van der Waals surface area contributed by atoms with Crippen LogP contribution in [0.15, 0.2) is 22.7 Å². The largest absolute Gasteiger partial charge is 0.496 e. The molecule has 1 saturated heterocycles. The molecule has 2 nitrogen and oxygen atoms in total.